The third-order valence-corrected chi connectivity index (χ3v) is 5.19. The van der Waals surface area contributed by atoms with Crippen LogP contribution >= 0.6 is 11.3 Å². The smallest absolute Gasteiger partial charge is 0.270 e. The van der Waals surface area contributed by atoms with E-state index in [0.29, 0.717) is 24.2 Å². The number of hydrogen-bond acceptors (Lipinski definition) is 4. The van der Waals surface area contributed by atoms with Crippen LogP contribution in [0.5, 0.6) is 5.75 Å². The minimum absolute atomic E-state index is 0.0484. The van der Waals surface area contributed by atoms with Gasteiger partial charge in [-0.15, -0.1) is 0 Å². The first kappa shape index (κ1) is 15.8. The van der Waals surface area contributed by atoms with Crippen molar-refractivity contribution < 1.29 is 4.74 Å². The number of fused-ring (bicyclic) bond motifs is 1. The van der Waals surface area contributed by atoms with E-state index in [1.807, 2.05) is 30.3 Å². The molecule has 0 saturated heterocycles. The van der Waals surface area contributed by atoms with E-state index in [2.05, 4.69) is 36.2 Å². The highest BCUT2D eigenvalue weighted by Gasteiger charge is 2.09. The van der Waals surface area contributed by atoms with Crippen molar-refractivity contribution in [2.24, 2.45) is 4.99 Å². The summed E-state index contributed by atoms with van der Waals surface area (Å²) in [4.78, 5) is 17.5. The Balaban J connectivity index is 1.56. The molecule has 0 aliphatic carbocycles. The van der Waals surface area contributed by atoms with Gasteiger partial charge in [0.1, 0.15) is 12.4 Å². The standard InChI is InChI=1S/C20H18N2O2S/c1-14-5-7-15(8-6-14)13-24-17-4-2-3-16(11-17)12-18-19(23)22-10-9-21-20(22)25-18/h2-8,11-12H,9-10,13H2,1H3/b18-12-. The normalized spacial score (nSPS) is 13.6. The van der Waals surface area contributed by atoms with E-state index in [4.69, 9.17) is 4.74 Å². The first-order chi connectivity index (χ1) is 12.2. The summed E-state index contributed by atoms with van der Waals surface area (Å²) in [5.41, 5.74) is 3.38. The van der Waals surface area contributed by atoms with Crippen LogP contribution in [0.25, 0.3) is 6.08 Å². The van der Waals surface area contributed by atoms with Crippen molar-refractivity contribution in [2.45, 2.75) is 20.1 Å². The van der Waals surface area contributed by atoms with Gasteiger partial charge in [-0.1, -0.05) is 53.3 Å². The van der Waals surface area contributed by atoms with Crippen LogP contribution in [0.3, 0.4) is 0 Å². The third kappa shape index (κ3) is 3.42. The summed E-state index contributed by atoms with van der Waals surface area (Å²) in [6.45, 7) is 4.00. The van der Waals surface area contributed by atoms with E-state index in [9.17, 15) is 4.79 Å². The number of aryl methyl sites for hydroxylation is 1. The molecular formula is C20H18N2O2S. The molecular weight excluding hydrogens is 332 g/mol. The molecule has 2 aromatic carbocycles. The number of rotatable bonds is 4. The Bertz CT molecular complexity index is 1080. The molecule has 1 aliphatic rings. The summed E-state index contributed by atoms with van der Waals surface area (Å²) < 4.78 is 8.34. The maximum Gasteiger partial charge on any atom is 0.270 e. The summed E-state index contributed by atoms with van der Waals surface area (Å²) in [5.74, 6) is 0.795. The maximum absolute atomic E-state index is 12.3. The Morgan fingerprint density at radius 1 is 1.24 bits per heavy atom. The molecule has 0 radical (unpaired) electrons. The van der Waals surface area contributed by atoms with Gasteiger partial charge in [0.15, 0.2) is 4.80 Å². The second-order valence-corrected chi connectivity index (χ2v) is 7.09. The van der Waals surface area contributed by atoms with Crippen molar-refractivity contribution in [1.29, 1.82) is 0 Å². The average Bonchev–Trinajstić information content (AvgIpc) is 3.19. The first-order valence-electron chi connectivity index (χ1n) is 8.23. The van der Waals surface area contributed by atoms with Gasteiger partial charge in [0.25, 0.3) is 5.56 Å². The molecule has 0 fully saturated rings. The Hall–Kier alpha value is -2.66. The van der Waals surface area contributed by atoms with Crippen LogP contribution in [-0.4, -0.2) is 11.1 Å². The highest BCUT2D eigenvalue weighted by atomic mass is 32.1. The summed E-state index contributed by atoms with van der Waals surface area (Å²) in [7, 11) is 0. The van der Waals surface area contributed by atoms with Gasteiger partial charge in [-0.05, 0) is 36.3 Å². The minimum atomic E-state index is 0.0484. The van der Waals surface area contributed by atoms with Gasteiger partial charge in [0.2, 0.25) is 0 Å². The van der Waals surface area contributed by atoms with Gasteiger partial charge < -0.3 is 4.74 Å². The Labute approximate surface area is 149 Å². The van der Waals surface area contributed by atoms with Crippen LogP contribution in [0.2, 0.25) is 0 Å². The largest absolute Gasteiger partial charge is 0.489 e. The lowest BCUT2D eigenvalue weighted by Crippen LogP contribution is -2.29. The van der Waals surface area contributed by atoms with E-state index in [1.54, 1.807) is 4.57 Å². The van der Waals surface area contributed by atoms with Crippen LogP contribution in [0.15, 0.2) is 58.3 Å². The SMILES string of the molecule is Cc1ccc(COc2cccc(/C=c3\sc4n(c3=O)CCN=4)c2)cc1. The summed E-state index contributed by atoms with van der Waals surface area (Å²) >= 11 is 1.45. The number of hydrogen-bond donors (Lipinski definition) is 0. The molecule has 3 aromatic rings. The number of benzene rings is 2. The molecule has 0 bridgehead atoms. The number of ether oxygens (including phenoxy) is 1. The molecule has 0 atom stereocenters. The van der Waals surface area contributed by atoms with Gasteiger partial charge in [-0.25, -0.2) is 0 Å². The number of nitrogens with zero attached hydrogens (tertiary/aromatic N) is 2. The van der Waals surface area contributed by atoms with Gasteiger partial charge in [-0.3, -0.25) is 14.4 Å². The second kappa shape index (κ2) is 6.69. The molecule has 0 spiro atoms. The van der Waals surface area contributed by atoms with Gasteiger partial charge in [0, 0.05) is 6.54 Å². The lowest BCUT2D eigenvalue weighted by Gasteiger charge is -2.07. The molecule has 4 nitrogen and oxygen atoms in total. The predicted octanol–water partition coefficient (Wildman–Crippen LogP) is 2.26. The van der Waals surface area contributed by atoms with Crippen molar-refractivity contribution in [3.8, 4) is 5.75 Å². The Morgan fingerprint density at radius 3 is 2.88 bits per heavy atom. The minimum Gasteiger partial charge on any atom is -0.489 e. The summed E-state index contributed by atoms with van der Waals surface area (Å²) in [5, 5.41) is 0. The molecule has 5 heteroatoms. The Morgan fingerprint density at radius 2 is 2.08 bits per heavy atom. The Kier molecular flexibility index (Phi) is 4.24. The van der Waals surface area contributed by atoms with Gasteiger partial charge >= 0.3 is 0 Å². The molecule has 0 amide bonds. The van der Waals surface area contributed by atoms with Crippen molar-refractivity contribution in [1.82, 2.24) is 4.57 Å². The molecule has 1 aromatic heterocycles. The zero-order valence-electron chi connectivity index (χ0n) is 13.9. The van der Waals surface area contributed by atoms with E-state index >= 15 is 0 Å². The number of aromatic nitrogens is 1. The lowest BCUT2D eigenvalue weighted by molar-refractivity contribution is 0.306. The molecule has 0 N–H and O–H groups in total. The van der Waals surface area contributed by atoms with E-state index < -0.39 is 0 Å². The summed E-state index contributed by atoms with van der Waals surface area (Å²) in [6, 6.07) is 16.1. The zero-order valence-corrected chi connectivity index (χ0v) is 14.8. The zero-order chi connectivity index (χ0) is 17.2. The number of thiazole rings is 1. The van der Waals surface area contributed by atoms with Crippen LogP contribution < -0.4 is 19.6 Å². The molecule has 2 heterocycles. The maximum atomic E-state index is 12.3. The monoisotopic (exact) mass is 350 g/mol. The highest BCUT2D eigenvalue weighted by molar-refractivity contribution is 7.07. The second-order valence-electron chi connectivity index (χ2n) is 6.08. The van der Waals surface area contributed by atoms with Gasteiger partial charge in [0.05, 0.1) is 11.1 Å². The first-order valence-corrected chi connectivity index (χ1v) is 9.05. The fourth-order valence-corrected chi connectivity index (χ4v) is 3.79. The topological polar surface area (TPSA) is 43.6 Å². The lowest BCUT2D eigenvalue weighted by atomic mass is 10.1. The van der Waals surface area contributed by atoms with E-state index in [-0.39, 0.29) is 5.56 Å². The van der Waals surface area contributed by atoms with Gasteiger partial charge in [-0.2, -0.15) is 0 Å². The van der Waals surface area contributed by atoms with E-state index in [1.165, 1.54) is 16.9 Å². The molecule has 0 saturated carbocycles. The van der Waals surface area contributed by atoms with Crippen molar-refractivity contribution >= 4 is 17.4 Å². The van der Waals surface area contributed by atoms with Crippen molar-refractivity contribution in [3.05, 3.63) is 84.9 Å². The van der Waals surface area contributed by atoms with Crippen LogP contribution in [0, 0.1) is 6.92 Å². The average molecular weight is 350 g/mol. The molecule has 0 unspecified atom stereocenters. The van der Waals surface area contributed by atoms with Crippen LogP contribution in [0.1, 0.15) is 16.7 Å². The molecule has 126 valence electrons. The molecule has 4 rings (SSSR count). The predicted molar refractivity (Wildman–Crippen MR) is 99.7 cm³/mol. The molecule has 1 aliphatic heterocycles. The fraction of sp³-hybridized carbons (Fsp3) is 0.200. The highest BCUT2D eigenvalue weighted by Crippen LogP contribution is 2.16. The van der Waals surface area contributed by atoms with Crippen molar-refractivity contribution in [3.63, 3.8) is 0 Å². The van der Waals surface area contributed by atoms with E-state index in [0.717, 1.165) is 21.7 Å². The fourth-order valence-electron chi connectivity index (χ4n) is 2.77. The van der Waals surface area contributed by atoms with Crippen LogP contribution in [-0.2, 0) is 13.2 Å². The summed E-state index contributed by atoms with van der Waals surface area (Å²) in [6.07, 6.45) is 1.91. The quantitative estimate of drug-likeness (QED) is 0.724. The van der Waals surface area contributed by atoms with Crippen molar-refractivity contribution in [2.75, 3.05) is 6.54 Å². The third-order valence-electron chi connectivity index (χ3n) is 4.14. The van der Waals surface area contributed by atoms with Crippen LogP contribution in [0.4, 0.5) is 0 Å². The molecule has 25 heavy (non-hydrogen) atoms.